The lowest BCUT2D eigenvalue weighted by atomic mass is 10.1. The molecule has 1 aliphatic heterocycles. The normalized spacial score (nSPS) is 13.8. The molecule has 3 rings (SSSR count). The number of aliphatic imine (C=N–C) groups is 1. The van der Waals surface area contributed by atoms with E-state index in [1.807, 2.05) is 12.1 Å². The highest BCUT2D eigenvalue weighted by atomic mass is 127. The molecule has 2 heterocycles. The van der Waals surface area contributed by atoms with E-state index in [1.54, 1.807) is 6.26 Å². The number of aromatic nitrogens is 1. The second-order valence-corrected chi connectivity index (χ2v) is 5.20. The van der Waals surface area contributed by atoms with Crippen LogP contribution in [-0.2, 0) is 6.42 Å². The van der Waals surface area contributed by atoms with Crippen molar-refractivity contribution in [1.82, 2.24) is 15.6 Å². The fourth-order valence-corrected chi connectivity index (χ4v) is 2.21. The van der Waals surface area contributed by atoms with Gasteiger partial charge < -0.3 is 15.1 Å². The predicted octanol–water partition coefficient (Wildman–Crippen LogP) is 2.75. The van der Waals surface area contributed by atoms with E-state index in [0.29, 0.717) is 5.89 Å². The van der Waals surface area contributed by atoms with E-state index in [4.69, 9.17) is 4.42 Å². The molecule has 1 aliphatic rings. The number of benzene rings is 1. The number of nitrogens with zero attached hydrogens (tertiary/aromatic N) is 2. The highest BCUT2D eigenvalue weighted by molar-refractivity contribution is 14.0. The van der Waals surface area contributed by atoms with Gasteiger partial charge in [-0.2, -0.15) is 0 Å². The Bertz CT molecular complexity index is 621. The van der Waals surface area contributed by atoms with Gasteiger partial charge in [0.15, 0.2) is 5.96 Å². The second-order valence-electron chi connectivity index (χ2n) is 5.20. The summed E-state index contributed by atoms with van der Waals surface area (Å²) in [5, 5.41) is 6.52. The van der Waals surface area contributed by atoms with Crippen LogP contribution in [0.15, 0.2) is 39.9 Å². The molecule has 1 aromatic carbocycles. The summed E-state index contributed by atoms with van der Waals surface area (Å²) in [6.07, 6.45) is 3.65. The molecule has 0 fully saturated rings. The minimum Gasteiger partial charge on any atom is -0.444 e. The lowest BCUT2D eigenvalue weighted by Gasteiger charge is -2.15. The van der Waals surface area contributed by atoms with Crippen LogP contribution >= 0.6 is 24.0 Å². The average Bonchev–Trinajstić information content (AvgIpc) is 2.98. The minimum atomic E-state index is 0. The van der Waals surface area contributed by atoms with Gasteiger partial charge in [-0.3, -0.25) is 4.99 Å². The van der Waals surface area contributed by atoms with Gasteiger partial charge in [-0.25, -0.2) is 4.98 Å². The van der Waals surface area contributed by atoms with Crippen molar-refractivity contribution in [3.05, 3.63) is 41.8 Å². The van der Waals surface area contributed by atoms with E-state index in [9.17, 15) is 0 Å². The zero-order valence-corrected chi connectivity index (χ0v) is 15.0. The first-order valence-electron chi connectivity index (χ1n) is 7.35. The van der Waals surface area contributed by atoms with Gasteiger partial charge in [-0.05, 0) is 25.5 Å². The van der Waals surface area contributed by atoms with Crippen molar-refractivity contribution in [3.8, 4) is 11.5 Å². The lowest BCUT2D eigenvalue weighted by Crippen LogP contribution is -2.41. The zero-order chi connectivity index (χ0) is 14.5. The molecule has 0 bridgehead atoms. The lowest BCUT2D eigenvalue weighted by molar-refractivity contribution is 0.572. The maximum atomic E-state index is 5.55. The van der Waals surface area contributed by atoms with E-state index in [1.165, 1.54) is 5.56 Å². The van der Waals surface area contributed by atoms with Crippen molar-refractivity contribution < 1.29 is 4.42 Å². The fraction of sp³-hybridized carbons (Fsp3) is 0.375. The van der Waals surface area contributed by atoms with Crippen molar-refractivity contribution in [2.45, 2.75) is 19.8 Å². The predicted molar refractivity (Wildman–Crippen MR) is 98.7 cm³/mol. The summed E-state index contributed by atoms with van der Waals surface area (Å²) in [6, 6.07) is 8.19. The summed E-state index contributed by atoms with van der Waals surface area (Å²) in [6.45, 7) is 4.76. The van der Waals surface area contributed by atoms with Gasteiger partial charge in [-0.1, -0.05) is 17.7 Å². The van der Waals surface area contributed by atoms with Gasteiger partial charge in [0, 0.05) is 31.6 Å². The Balaban J connectivity index is 0.00000176. The topological polar surface area (TPSA) is 62.5 Å². The third-order valence-corrected chi connectivity index (χ3v) is 3.42. The number of rotatable bonds is 4. The monoisotopic (exact) mass is 412 g/mol. The Labute approximate surface area is 147 Å². The standard InChI is InChI=1S/C16H20N4O.HI/c1-12-3-5-13(6-4-12)15-20-14(11-21-15)7-10-19-16-17-8-2-9-18-16;/h3-6,11H,2,7-10H2,1H3,(H2,17,18,19);1H. The van der Waals surface area contributed by atoms with E-state index in [-0.39, 0.29) is 24.0 Å². The smallest absolute Gasteiger partial charge is 0.226 e. The molecule has 0 saturated carbocycles. The number of hydrogen-bond acceptors (Lipinski definition) is 5. The van der Waals surface area contributed by atoms with Crippen LogP contribution in [0.4, 0.5) is 0 Å². The first kappa shape index (κ1) is 16.8. The minimum absolute atomic E-state index is 0. The molecule has 1 aromatic heterocycles. The van der Waals surface area contributed by atoms with Crippen molar-refractivity contribution in [2.75, 3.05) is 19.6 Å². The van der Waals surface area contributed by atoms with Crippen LogP contribution < -0.4 is 10.6 Å². The summed E-state index contributed by atoms with van der Waals surface area (Å²) >= 11 is 0. The number of oxazole rings is 1. The molecule has 0 spiro atoms. The second kappa shape index (κ2) is 8.17. The van der Waals surface area contributed by atoms with Gasteiger partial charge in [0.1, 0.15) is 6.26 Å². The van der Waals surface area contributed by atoms with Crippen LogP contribution in [0.5, 0.6) is 0 Å². The third-order valence-electron chi connectivity index (χ3n) is 3.42. The molecular weight excluding hydrogens is 391 g/mol. The Morgan fingerprint density at radius 3 is 2.82 bits per heavy atom. The molecule has 0 unspecified atom stereocenters. The van der Waals surface area contributed by atoms with Crippen LogP contribution in [0.2, 0.25) is 0 Å². The molecule has 0 saturated heterocycles. The molecule has 0 atom stereocenters. The van der Waals surface area contributed by atoms with Gasteiger partial charge in [0.25, 0.3) is 0 Å². The first-order valence-corrected chi connectivity index (χ1v) is 7.35. The first-order chi connectivity index (χ1) is 10.3. The van der Waals surface area contributed by atoms with Crippen LogP contribution in [0.25, 0.3) is 11.5 Å². The maximum Gasteiger partial charge on any atom is 0.226 e. The molecule has 5 nitrogen and oxygen atoms in total. The van der Waals surface area contributed by atoms with Crippen LogP contribution in [0, 0.1) is 6.92 Å². The van der Waals surface area contributed by atoms with Gasteiger partial charge in [0.05, 0.1) is 5.69 Å². The molecule has 2 aromatic rings. The molecule has 0 radical (unpaired) electrons. The highest BCUT2D eigenvalue weighted by Gasteiger charge is 2.07. The molecular formula is C16H21IN4O. The van der Waals surface area contributed by atoms with Gasteiger partial charge in [0.2, 0.25) is 5.89 Å². The van der Waals surface area contributed by atoms with Crippen molar-refractivity contribution in [2.24, 2.45) is 4.99 Å². The van der Waals surface area contributed by atoms with Crippen LogP contribution in [-0.4, -0.2) is 30.6 Å². The summed E-state index contributed by atoms with van der Waals surface area (Å²) in [4.78, 5) is 8.90. The summed E-state index contributed by atoms with van der Waals surface area (Å²) in [5.41, 5.74) is 3.20. The van der Waals surface area contributed by atoms with Crippen LogP contribution in [0.1, 0.15) is 17.7 Å². The molecule has 0 amide bonds. The number of halogens is 1. The average molecular weight is 412 g/mol. The van der Waals surface area contributed by atoms with E-state index < -0.39 is 0 Å². The van der Waals surface area contributed by atoms with Crippen molar-refractivity contribution in [1.29, 1.82) is 0 Å². The SMILES string of the molecule is Cc1ccc(-c2nc(CCNC3=NCCCN3)co2)cc1.I. The summed E-state index contributed by atoms with van der Waals surface area (Å²) in [5.74, 6) is 1.57. The maximum absolute atomic E-state index is 5.55. The molecule has 2 N–H and O–H groups in total. The number of hydrogen-bond donors (Lipinski definition) is 2. The largest absolute Gasteiger partial charge is 0.444 e. The zero-order valence-electron chi connectivity index (χ0n) is 12.6. The summed E-state index contributed by atoms with van der Waals surface area (Å²) < 4.78 is 5.55. The quantitative estimate of drug-likeness (QED) is 0.759. The van der Waals surface area contributed by atoms with E-state index in [2.05, 4.69) is 39.7 Å². The van der Waals surface area contributed by atoms with Crippen molar-refractivity contribution in [3.63, 3.8) is 0 Å². The number of nitrogens with one attached hydrogen (secondary N) is 2. The van der Waals surface area contributed by atoms with Crippen LogP contribution in [0.3, 0.4) is 0 Å². The van der Waals surface area contributed by atoms with Gasteiger partial charge >= 0.3 is 0 Å². The number of aryl methyl sites for hydroxylation is 1. The molecule has 0 aliphatic carbocycles. The van der Waals surface area contributed by atoms with E-state index in [0.717, 1.165) is 49.7 Å². The number of guanidine groups is 1. The molecule has 6 heteroatoms. The van der Waals surface area contributed by atoms with E-state index >= 15 is 0 Å². The molecule has 22 heavy (non-hydrogen) atoms. The van der Waals surface area contributed by atoms with Crippen molar-refractivity contribution >= 4 is 29.9 Å². The third kappa shape index (κ3) is 4.46. The Morgan fingerprint density at radius 1 is 1.27 bits per heavy atom. The summed E-state index contributed by atoms with van der Waals surface area (Å²) in [7, 11) is 0. The Hall–Kier alpha value is -1.57. The Kier molecular flexibility index (Phi) is 6.23. The fourth-order valence-electron chi connectivity index (χ4n) is 2.21. The highest BCUT2D eigenvalue weighted by Crippen LogP contribution is 2.19. The molecule has 118 valence electrons. The van der Waals surface area contributed by atoms with Gasteiger partial charge in [-0.15, -0.1) is 24.0 Å². The Morgan fingerprint density at radius 2 is 2.09 bits per heavy atom.